The van der Waals surface area contributed by atoms with Crippen LogP contribution < -0.4 is 4.74 Å². The predicted molar refractivity (Wildman–Crippen MR) is 114 cm³/mol. The molecule has 3 aromatic rings. The highest BCUT2D eigenvalue weighted by atomic mass is 32.1. The van der Waals surface area contributed by atoms with Crippen molar-refractivity contribution in [1.82, 2.24) is 4.90 Å². The Balaban J connectivity index is 1.27. The number of carbonyl (C=O) groups is 1. The summed E-state index contributed by atoms with van der Waals surface area (Å²) in [5, 5.41) is 0. The van der Waals surface area contributed by atoms with Crippen LogP contribution in [0.2, 0.25) is 0 Å². The summed E-state index contributed by atoms with van der Waals surface area (Å²) < 4.78 is 17.3. The highest BCUT2D eigenvalue weighted by molar-refractivity contribution is 7.15. The predicted octanol–water partition coefficient (Wildman–Crippen LogP) is 4.65. The van der Waals surface area contributed by atoms with Crippen LogP contribution in [-0.4, -0.2) is 37.1 Å². The molecule has 1 aromatic carbocycles. The maximum atomic E-state index is 12.7. The van der Waals surface area contributed by atoms with E-state index in [0.717, 1.165) is 44.6 Å². The van der Waals surface area contributed by atoms with Crippen LogP contribution in [0.5, 0.6) is 5.75 Å². The number of rotatable bonds is 2. The first-order chi connectivity index (χ1) is 14.7. The standard InChI is InChI=1S/C24H23NO4S/c26-23(19-3-10-27-15-19)25-8-6-24(7-9-25)22-18(5-12-29-24)14-21(30-22)17-2-1-16-4-11-28-20(16)13-17/h1-3,10,13-15H,4-9,11-12H2. The van der Waals surface area contributed by atoms with Gasteiger partial charge in [0.2, 0.25) is 0 Å². The van der Waals surface area contributed by atoms with E-state index in [4.69, 9.17) is 13.9 Å². The van der Waals surface area contributed by atoms with E-state index in [1.54, 1.807) is 12.3 Å². The number of ether oxygens (including phenoxy) is 2. The van der Waals surface area contributed by atoms with Gasteiger partial charge in [0, 0.05) is 29.3 Å². The largest absolute Gasteiger partial charge is 0.493 e. The zero-order valence-corrected chi connectivity index (χ0v) is 17.5. The van der Waals surface area contributed by atoms with E-state index in [9.17, 15) is 4.79 Å². The molecule has 6 heteroatoms. The molecule has 1 spiro atoms. The minimum Gasteiger partial charge on any atom is -0.493 e. The van der Waals surface area contributed by atoms with Gasteiger partial charge in [-0.1, -0.05) is 12.1 Å². The lowest BCUT2D eigenvalue weighted by molar-refractivity contribution is -0.0906. The molecule has 1 saturated heterocycles. The number of piperidine rings is 1. The number of hydrogen-bond donors (Lipinski definition) is 0. The Labute approximate surface area is 179 Å². The number of nitrogens with zero attached hydrogens (tertiary/aromatic N) is 1. The number of thiophene rings is 1. The molecule has 0 bridgehead atoms. The summed E-state index contributed by atoms with van der Waals surface area (Å²) in [4.78, 5) is 17.2. The van der Waals surface area contributed by atoms with E-state index in [-0.39, 0.29) is 11.5 Å². The number of carbonyl (C=O) groups excluding carboxylic acids is 1. The second-order valence-corrected chi connectivity index (χ2v) is 9.34. The molecule has 3 aliphatic heterocycles. The van der Waals surface area contributed by atoms with Crippen LogP contribution in [0.3, 0.4) is 0 Å². The molecular weight excluding hydrogens is 398 g/mol. The van der Waals surface area contributed by atoms with Gasteiger partial charge in [-0.05, 0) is 54.2 Å². The average Bonchev–Trinajstić information content (AvgIpc) is 3.54. The maximum Gasteiger partial charge on any atom is 0.257 e. The SMILES string of the molecule is O=C(c1ccoc1)N1CCC2(CC1)OCCc1cc(-c3ccc4c(c3)OCC4)sc12. The average molecular weight is 422 g/mol. The molecule has 1 amide bonds. The summed E-state index contributed by atoms with van der Waals surface area (Å²) in [6.45, 7) is 2.92. The van der Waals surface area contributed by atoms with Crippen molar-refractivity contribution in [2.45, 2.75) is 31.3 Å². The minimum atomic E-state index is -0.267. The van der Waals surface area contributed by atoms with Gasteiger partial charge in [-0.15, -0.1) is 11.3 Å². The van der Waals surface area contributed by atoms with E-state index in [0.29, 0.717) is 18.7 Å². The van der Waals surface area contributed by atoms with Gasteiger partial charge in [-0.3, -0.25) is 4.79 Å². The topological polar surface area (TPSA) is 51.9 Å². The van der Waals surface area contributed by atoms with Crippen LogP contribution in [0.15, 0.2) is 47.3 Å². The Morgan fingerprint density at radius 3 is 2.73 bits per heavy atom. The Morgan fingerprint density at radius 2 is 1.90 bits per heavy atom. The third-order valence-electron chi connectivity index (χ3n) is 6.58. The number of furan rings is 1. The second kappa shape index (κ2) is 7.00. The second-order valence-electron chi connectivity index (χ2n) is 8.28. The van der Waals surface area contributed by atoms with E-state index >= 15 is 0 Å². The normalized spacial score (nSPS) is 19.4. The van der Waals surface area contributed by atoms with Crippen LogP contribution in [0.1, 0.15) is 39.2 Å². The highest BCUT2D eigenvalue weighted by Crippen LogP contribution is 2.48. The molecule has 0 radical (unpaired) electrons. The maximum absolute atomic E-state index is 12.7. The molecule has 5 heterocycles. The van der Waals surface area contributed by atoms with E-state index in [1.165, 1.54) is 32.7 Å². The van der Waals surface area contributed by atoms with Crippen LogP contribution in [-0.2, 0) is 23.2 Å². The number of benzene rings is 1. The third kappa shape index (κ3) is 2.89. The summed E-state index contributed by atoms with van der Waals surface area (Å²) in [5.41, 5.74) is 4.27. The molecule has 2 aromatic heterocycles. The van der Waals surface area contributed by atoms with Gasteiger partial charge in [0.15, 0.2) is 0 Å². The minimum absolute atomic E-state index is 0.0413. The van der Waals surface area contributed by atoms with Crippen molar-refractivity contribution in [1.29, 1.82) is 0 Å². The summed E-state index contributed by atoms with van der Waals surface area (Å²) in [6.07, 6.45) is 6.68. The van der Waals surface area contributed by atoms with E-state index < -0.39 is 0 Å². The molecule has 1 fully saturated rings. The van der Waals surface area contributed by atoms with Crippen LogP contribution >= 0.6 is 11.3 Å². The van der Waals surface area contributed by atoms with Gasteiger partial charge in [0.05, 0.1) is 25.0 Å². The molecular formula is C24H23NO4S. The van der Waals surface area contributed by atoms with Crippen LogP contribution in [0.4, 0.5) is 0 Å². The first-order valence-electron chi connectivity index (χ1n) is 10.6. The zero-order chi connectivity index (χ0) is 20.1. The van der Waals surface area contributed by atoms with Crippen molar-refractivity contribution in [3.63, 3.8) is 0 Å². The van der Waals surface area contributed by atoms with Crippen LogP contribution in [0, 0.1) is 0 Å². The fraction of sp³-hybridized carbons (Fsp3) is 0.375. The molecule has 0 unspecified atom stereocenters. The van der Waals surface area contributed by atoms with Gasteiger partial charge in [0.25, 0.3) is 5.91 Å². The van der Waals surface area contributed by atoms with Gasteiger partial charge in [-0.2, -0.15) is 0 Å². The fourth-order valence-corrected chi connectivity index (χ4v) is 6.30. The monoisotopic (exact) mass is 421 g/mol. The van der Waals surface area contributed by atoms with Gasteiger partial charge >= 0.3 is 0 Å². The number of likely N-dealkylation sites (tertiary alicyclic amines) is 1. The number of amides is 1. The highest BCUT2D eigenvalue weighted by Gasteiger charge is 2.43. The fourth-order valence-electron chi connectivity index (χ4n) is 4.90. The summed E-state index contributed by atoms with van der Waals surface area (Å²) in [5.74, 6) is 1.07. The summed E-state index contributed by atoms with van der Waals surface area (Å²) in [7, 11) is 0. The molecule has 0 aliphatic carbocycles. The molecule has 6 rings (SSSR count). The van der Waals surface area contributed by atoms with Crippen molar-refractivity contribution < 1.29 is 18.7 Å². The van der Waals surface area contributed by atoms with Crippen LogP contribution in [0.25, 0.3) is 10.4 Å². The quantitative estimate of drug-likeness (QED) is 0.605. The van der Waals surface area contributed by atoms with Crippen molar-refractivity contribution in [3.8, 4) is 16.2 Å². The Morgan fingerprint density at radius 1 is 1.03 bits per heavy atom. The van der Waals surface area contributed by atoms with Gasteiger partial charge in [-0.25, -0.2) is 0 Å². The molecule has 0 atom stereocenters. The van der Waals surface area contributed by atoms with Crippen molar-refractivity contribution in [3.05, 3.63) is 64.4 Å². The molecule has 5 nitrogen and oxygen atoms in total. The molecule has 154 valence electrons. The molecule has 0 N–H and O–H groups in total. The number of hydrogen-bond acceptors (Lipinski definition) is 5. The first-order valence-corrected chi connectivity index (χ1v) is 11.4. The Hall–Kier alpha value is -2.57. The smallest absolute Gasteiger partial charge is 0.257 e. The van der Waals surface area contributed by atoms with Crippen molar-refractivity contribution >= 4 is 17.2 Å². The molecule has 0 saturated carbocycles. The van der Waals surface area contributed by atoms with Crippen molar-refractivity contribution in [2.24, 2.45) is 0 Å². The lowest BCUT2D eigenvalue weighted by atomic mass is 9.85. The lowest BCUT2D eigenvalue weighted by Gasteiger charge is -2.43. The lowest BCUT2D eigenvalue weighted by Crippen LogP contribution is -2.47. The summed E-state index contributed by atoms with van der Waals surface area (Å²) >= 11 is 1.85. The van der Waals surface area contributed by atoms with Crippen molar-refractivity contribution in [2.75, 3.05) is 26.3 Å². The van der Waals surface area contributed by atoms with E-state index in [2.05, 4.69) is 24.3 Å². The Bertz CT molecular complexity index is 1090. The third-order valence-corrected chi connectivity index (χ3v) is 7.99. The first kappa shape index (κ1) is 18.2. The van der Waals surface area contributed by atoms with Gasteiger partial charge < -0.3 is 18.8 Å². The number of fused-ring (bicyclic) bond motifs is 3. The Kier molecular flexibility index (Phi) is 4.25. The van der Waals surface area contributed by atoms with Gasteiger partial charge in [0.1, 0.15) is 17.6 Å². The molecule has 30 heavy (non-hydrogen) atoms. The molecule has 3 aliphatic rings. The summed E-state index contributed by atoms with van der Waals surface area (Å²) in [6, 6.07) is 10.7. The van der Waals surface area contributed by atoms with E-state index in [1.807, 2.05) is 16.2 Å². The zero-order valence-electron chi connectivity index (χ0n) is 16.7.